The molecule has 1 amide bonds. The molecule has 0 atom stereocenters. The van der Waals surface area contributed by atoms with Crippen molar-refractivity contribution in [1.82, 2.24) is 15.1 Å². The van der Waals surface area contributed by atoms with Crippen molar-refractivity contribution in [3.05, 3.63) is 65.2 Å². The second kappa shape index (κ2) is 9.22. The molecule has 7 heteroatoms. The Hall–Kier alpha value is -2.99. The standard InChI is InChI=1S/C23H25ClN4O2/c1-30-20-8-6-18(7-9-20)21-16-22(26-25-21)27-10-3-11-28(13-12-27)23(29)15-17-4-2-5-19(24)14-17/h2,4-9,14,16H,3,10-13,15H2,1H3,(H,25,26). The summed E-state index contributed by atoms with van der Waals surface area (Å²) >= 11 is 6.04. The highest BCUT2D eigenvalue weighted by molar-refractivity contribution is 6.30. The van der Waals surface area contributed by atoms with Crippen molar-refractivity contribution in [3.8, 4) is 17.0 Å². The molecule has 30 heavy (non-hydrogen) atoms. The maximum atomic E-state index is 12.7. The topological polar surface area (TPSA) is 61.5 Å². The molecule has 1 aromatic heterocycles. The third-order valence-electron chi connectivity index (χ3n) is 5.38. The van der Waals surface area contributed by atoms with Crippen LogP contribution in [0, 0.1) is 0 Å². The van der Waals surface area contributed by atoms with Gasteiger partial charge in [-0.05, 0) is 53.9 Å². The van der Waals surface area contributed by atoms with Crippen molar-refractivity contribution in [2.45, 2.75) is 12.8 Å². The number of H-pyrrole nitrogens is 1. The Morgan fingerprint density at radius 1 is 1.10 bits per heavy atom. The first-order chi connectivity index (χ1) is 14.6. The number of anilines is 1. The molecule has 0 unspecified atom stereocenters. The first-order valence-corrected chi connectivity index (χ1v) is 10.5. The summed E-state index contributed by atoms with van der Waals surface area (Å²) in [4.78, 5) is 16.9. The van der Waals surface area contributed by atoms with Gasteiger partial charge in [0.25, 0.3) is 0 Å². The summed E-state index contributed by atoms with van der Waals surface area (Å²) in [5, 5.41) is 8.28. The summed E-state index contributed by atoms with van der Waals surface area (Å²) in [6, 6.07) is 17.5. The molecule has 3 aromatic rings. The molecule has 156 valence electrons. The Morgan fingerprint density at radius 3 is 2.70 bits per heavy atom. The maximum Gasteiger partial charge on any atom is 0.227 e. The molecule has 1 fully saturated rings. The number of hydrogen-bond donors (Lipinski definition) is 1. The number of carbonyl (C=O) groups is 1. The third-order valence-corrected chi connectivity index (χ3v) is 5.62. The van der Waals surface area contributed by atoms with Crippen LogP contribution in [0.2, 0.25) is 5.02 Å². The monoisotopic (exact) mass is 424 g/mol. The fourth-order valence-electron chi connectivity index (χ4n) is 3.72. The minimum absolute atomic E-state index is 0.139. The molecule has 0 bridgehead atoms. The summed E-state index contributed by atoms with van der Waals surface area (Å²) in [7, 11) is 1.66. The second-order valence-electron chi connectivity index (χ2n) is 7.40. The number of ether oxygens (including phenoxy) is 1. The number of rotatable bonds is 5. The lowest BCUT2D eigenvalue weighted by molar-refractivity contribution is -0.130. The van der Waals surface area contributed by atoms with E-state index in [2.05, 4.69) is 21.2 Å². The zero-order chi connectivity index (χ0) is 20.9. The van der Waals surface area contributed by atoms with Crippen LogP contribution in [0.3, 0.4) is 0 Å². The number of aromatic nitrogens is 2. The van der Waals surface area contributed by atoms with Crippen molar-refractivity contribution >= 4 is 23.3 Å². The van der Waals surface area contributed by atoms with E-state index in [1.807, 2.05) is 53.4 Å². The lowest BCUT2D eigenvalue weighted by Crippen LogP contribution is -2.36. The van der Waals surface area contributed by atoms with Gasteiger partial charge in [-0.1, -0.05) is 23.7 Å². The van der Waals surface area contributed by atoms with E-state index in [-0.39, 0.29) is 5.91 Å². The smallest absolute Gasteiger partial charge is 0.227 e. The van der Waals surface area contributed by atoms with Gasteiger partial charge in [0, 0.05) is 37.3 Å². The van der Waals surface area contributed by atoms with Gasteiger partial charge in [-0.25, -0.2) is 0 Å². The molecule has 0 aliphatic carbocycles. The lowest BCUT2D eigenvalue weighted by Gasteiger charge is -2.22. The van der Waals surface area contributed by atoms with Crippen molar-refractivity contribution < 1.29 is 9.53 Å². The number of aromatic amines is 1. The zero-order valence-corrected chi connectivity index (χ0v) is 17.7. The minimum atomic E-state index is 0.139. The summed E-state index contributed by atoms with van der Waals surface area (Å²) in [6.45, 7) is 3.07. The normalized spacial score (nSPS) is 14.5. The highest BCUT2D eigenvalue weighted by atomic mass is 35.5. The number of halogens is 1. The molecule has 2 aromatic carbocycles. The average molecular weight is 425 g/mol. The van der Waals surface area contributed by atoms with E-state index in [0.717, 1.165) is 54.4 Å². The molecule has 1 saturated heterocycles. The molecule has 2 heterocycles. The Balaban J connectivity index is 1.38. The summed E-state index contributed by atoms with van der Waals surface area (Å²) in [6.07, 6.45) is 1.29. The number of nitrogens with one attached hydrogen (secondary N) is 1. The number of methoxy groups -OCH3 is 1. The predicted octanol–water partition coefficient (Wildman–Crippen LogP) is 4.02. The molecular formula is C23H25ClN4O2. The maximum absolute atomic E-state index is 12.7. The van der Waals surface area contributed by atoms with Crippen LogP contribution in [0.5, 0.6) is 5.75 Å². The third kappa shape index (κ3) is 4.76. The van der Waals surface area contributed by atoms with Crippen molar-refractivity contribution in [3.63, 3.8) is 0 Å². The molecule has 1 aliphatic rings. The van der Waals surface area contributed by atoms with Crippen molar-refractivity contribution in [2.24, 2.45) is 0 Å². The molecule has 0 saturated carbocycles. The summed E-state index contributed by atoms with van der Waals surface area (Å²) in [5.74, 6) is 1.87. The zero-order valence-electron chi connectivity index (χ0n) is 17.0. The Labute approximate surface area is 181 Å². The van der Waals surface area contributed by atoms with Gasteiger partial charge in [0.1, 0.15) is 5.75 Å². The van der Waals surface area contributed by atoms with Gasteiger partial charge in [-0.3, -0.25) is 9.89 Å². The van der Waals surface area contributed by atoms with Crippen LogP contribution in [-0.2, 0) is 11.2 Å². The minimum Gasteiger partial charge on any atom is -0.497 e. The fraction of sp³-hybridized carbons (Fsp3) is 0.304. The largest absolute Gasteiger partial charge is 0.497 e. The van der Waals surface area contributed by atoms with Crippen LogP contribution < -0.4 is 9.64 Å². The number of nitrogens with zero attached hydrogens (tertiary/aromatic N) is 3. The Kier molecular flexibility index (Phi) is 6.23. The van der Waals surface area contributed by atoms with E-state index in [0.29, 0.717) is 18.0 Å². The molecule has 0 radical (unpaired) electrons. The number of amides is 1. The SMILES string of the molecule is COc1ccc(-c2cc(N3CCCN(C(=O)Cc4cccc(Cl)c4)CC3)n[nH]2)cc1. The van der Waals surface area contributed by atoms with E-state index in [1.54, 1.807) is 7.11 Å². The van der Waals surface area contributed by atoms with Crippen LogP contribution in [0.25, 0.3) is 11.3 Å². The van der Waals surface area contributed by atoms with Crippen LogP contribution in [-0.4, -0.2) is 54.3 Å². The van der Waals surface area contributed by atoms with E-state index in [9.17, 15) is 4.79 Å². The van der Waals surface area contributed by atoms with E-state index < -0.39 is 0 Å². The highest BCUT2D eigenvalue weighted by Crippen LogP contribution is 2.24. The first kappa shape index (κ1) is 20.3. The summed E-state index contributed by atoms with van der Waals surface area (Å²) in [5.41, 5.74) is 2.97. The van der Waals surface area contributed by atoms with Crippen LogP contribution in [0.1, 0.15) is 12.0 Å². The molecule has 1 aliphatic heterocycles. The highest BCUT2D eigenvalue weighted by Gasteiger charge is 2.21. The van der Waals surface area contributed by atoms with Crippen molar-refractivity contribution in [1.29, 1.82) is 0 Å². The summed E-state index contributed by atoms with van der Waals surface area (Å²) < 4.78 is 5.22. The van der Waals surface area contributed by atoms with Crippen LogP contribution >= 0.6 is 11.6 Å². The molecule has 6 nitrogen and oxygen atoms in total. The number of benzene rings is 2. The Morgan fingerprint density at radius 2 is 1.93 bits per heavy atom. The number of hydrogen-bond acceptors (Lipinski definition) is 4. The van der Waals surface area contributed by atoms with E-state index >= 15 is 0 Å². The van der Waals surface area contributed by atoms with Crippen LogP contribution in [0.15, 0.2) is 54.6 Å². The second-order valence-corrected chi connectivity index (χ2v) is 7.83. The predicted molar refractivity (Wildman–Crippen MR) is 119 cm³/mol. The van der Waals surface area contributed by atoms with Gasteiger partial charge >= 0.3 is 0 Å². The molecule has 4 rings (SSSR count). The molecule has 0 spiro atoms. The van der Waals surface area contributed by atoms with Gasteiger partial charge in [0.15, 0.2) is 5.82 Å². The quantitative estimate of drug-likeness (QED) is 0.672. The van der Waals surface area contributed by atoms with Crippen LogP contribution in [0.4, 0.5) is 5.82 Å². The average Bonchev–Trinajstić information content (AvgIpc) is 3.11. The Bertz CT molecular complexity index is 1000. The van der Waals surface area contributed by atoms with Gasteiger partial charge in [-0.15, -0.1) is 0 Å². The van der Waals surface area contributed by atoms with Gasteiger partial charge in [0.2, 0.25) is 5.91 Å². The van der Waals surface area contributed by atoms with Gasteiger partial charge in [0.05, 0.1) is 19.2 Å². The van der Waals surface area contributed by atoms with Crippen molar-refractivity contribution in [2.75, 3.05) is 38.2 Å². The lowest BCUT2D eigenvalue weighted by atomic mass is 10.1. The van der Waals surface area contributed by atoms with Gasteiger partial charge in [-0.2, -0.15) is 5.10 Å². The molecular weight excluding hydrogens is 400 g/mol. The number of carbonyl (C=O) groups excluding carboxylic acids is 1. The fourth-order valence-corrected chi connectivity index (χ4v) is 3.93. The molecule has 1 N–H and O–H groups in total. The van der Waals surface area contributed by atoms with Gasteiger partial charge < -0.3 is 14.5 Å². The van der Waals surface area contributed by atoms with E-state index in [4.69, 9.17) is 16.3 Å². The van der Waals surface area contributed by atoms with E-state index in [1.165, 1.54) is 0 Å². The first-order valence-electron chi connectivity index (χ1n) is 10.1.